The molecule has 4 aromatic carbocycles. The summed E-state index contributed by atoms with van der Waals surface area (Å²) in [5.74, 6) is 0. The van der Waals surface area contributed by atoms with Crippen molar-refractivity contribution in [3.05, 3.63) is 141 Å². The van der Waals surface area contributed by atoms with Crippen molar-refractivity contribution in [3.8, 4) is 0 Å². The third-order valence-electron chi connectivity index (χ3n) is 7.26. The molecule has 1 aliphatic heterocycles. The molecule has 0 N–H and O–H groups in total. The fraction of sp³-hybridized carbons (Fsp3) is 0.314. The first-order valence-corrected chi connectivity index (χ1v) is 15.4. The van der Waals surface area contributed by atoms with Crippen LogP contribution >= 0.6 is 27.5 Å². The Bertz CT molecular complexity index is 1340. The topological polar surface area (TPSA) is 46.2 Å². The zero-order valence-corrected chi connectivity index (χ0v) is 26.0. The molecule has 0 saturated carbocycles. The quantitative estimate of drug-likeness (QED) is 0.146. The van der Waals surface area contributed by atoms with Gasteiger partial charge in [-0.15, -0.1) is 0 Å². The standard InChI is InChI=1S/C35H36BrClO5/c1-25-33(39-23-29-14-18-31(37)19-15-29)35(41-22-27-10-6-3-7-11-27)34(40-21-26-8-4-2-5-9-26)32(42-25)24-38-20-28-12-16-30(36)17-13-28/h2-19,25,32-35H,20-24H2,1H3/t25-,32?,33?,34-,35-/m0/s1. The summed E-state index contributed by atoms with van der Waals surface area (Å²) in [6.07, 6.45) is -1.80. The van der Waals surface area contributed by atoms with Crippen LogP contribution in [0, 0.1) is 0 Å². The highest BCUT2D eigenvalue weighted by Crippen LogP contribution is 2.31. The van der Waals surface area contributed by atoms with Crippen LogP contribution in [0.2, 0.25) is 5.02 Å². The second-order valence-corrected chi connectivity index (χ2v) is 11.8. The monoisotopic (exact) mass is 650 g/mol. The van der Waals surface area contributed by atoms with Gasteiger partial charge in [-0.05, 0) is 53.4 Å². The average molecular weight is 652 g/mol. The fourth-order valence-electron chi connectivity index (χ4n) is 5.03. The zero-order chi connectivity index (χ0) is 29.1. The fourth-order valence-corrected chi connectivity index (χ4v) is 5.42. The highest BCUT2D eigenvalue weighted by Gasteiger charge is 2.46. The van der Waals surface area contributed by atoms with Gasteiger partial charge in [0.15, 0.2) is 0 Å². The van der Waals surface area contributed by atoms with Crippen molar-refractivity contribution in [1.29, 1.82) is 0 Å². The first-order valence-electron chi connectivity index (χ1n) is 14.2. The van der Waals surface area contributed by atoms with E-state index in [1.807, 2.05) is 91.9 Å². The van der Waals surface area contributed by atoms with Gasteiger partial charge in [0.1, 0.15) is 24.4 Å². The molecule has 2 unspecified atom stereocenters. The summed E-state index contributed by atoms with van der Waals surface area (Å²) >= 11 is 9.60. The smallest absolute Gasteiger partial charge is 0.115 e. The first kappa shape index (κ1) is 30.9. The van der Waals surface area contributed by atoms with E-state index in [4.69, 9.17) is 35.3 Å². The minimum Gasteiger partial charge on any atom is -0.374 e. The third kappa shape index (κ3) is 8.98. The van der Waals surface area contributed by atoms with Crippen molar-refractivity contribution in [2.24, 2.45) is 0 Å². The number of benzene rings is 4. The Kier molecular flexibility index (Phi) is 11.6. The van der Waals surface area contributed by atoms with E-state index < -0.39 is 12.2 Å². The molecule has 5 nitrogen and oxygen atoms in total. The maximum absolute atomic E-state index is 6.66. The molecule has 1 saturated heterocycles. The molecule has 1 aliphatic rings. The summed E-state index contributed by atoms with van der Waals surface area (Å²) in [5, 5.41) is 0.692. The van der Waals surface area contributed by atoms with Crippen molar-refractivity contribution >= 4 is 27.5 Å². The molecule has 5 atom stereocenters. The summed E-state index contributed by atoms with van der Waals surface area (Å²) in [6, 6.07) is 36.1. The molecule has 5 rings (SSSR count). The van der Waals surface area contributed by atoms with Crippen molar-refractivity contribution in [2.75, 3.05) is 6.61 Å². The zero-order valence-electron chi connectivity index (χ0n) is 23.6. The van der Waals surface area contributed by atoms with Gasteiger partial charge < -0.3 is 23.7 Å². The summed E-state index contributed by atoms with van der Waals surface area (Å²) in [6.45, 7) is 4.10. The minimum atomic E-state index is -0.426. The third-order valence-corrected chi connectivity index (χ3v) is 8.04. The second-order valence-electron chi connectivity index (χ2n) is 10.4. The maximum atomic E-state index is 6.66. The molecule has 4 aromatic rings. The van der Waals surface area contributed by atoms with Gasteiger partial charge in [-0.1, -0.05) is 112 Å². The molecule has 0 spiro atoms. The summed E-state index contributed by atoms with van der Waals surface area (Å²) in [7, 11) is 0. The van der Waals surface area contributed by atoms with Crippen LogP contribution in [0.3, 0.4) is 0 Å². The van der Waals surface area contributed by atoms with Crippen molar-refractivity contribution < 1.29 is 23.7 Å². The van der Waals surface area contributed by atoms with E-state index in [0.717, 1.165) is 26.7 Å². The number of hydrogen-bond donors (Lipinski definition) is 0. The Hall–Kier alpha value is -2.55. The Morgan fingerprint density at radius 2 is 1.07 bits per heavy atom. The van der Waals surface area contributed by atoms with Gasteiger partial charge in [0, 0.05) is 9.50 Å². The SMILES string of the molecule is C[C@@H]1OC(COCc2ccc(Br)cc2)[C@H](OCc2ccccc2)[C@@H](OCc2ccccc2)C1OCc1ccc(Cl)cc1. The predicted octanol–water partition coefficient (Wildman–Crippen LogP) is 8.16. The largest absolute Gasteiger partial charge is 0.374 e. The molecule has 1 fully saturated rings. The van der Waals surface area contributed by atoms with Crippen LogP contribution in [0.25, 0.3) is 0 Å². The summed E-state index contributed by atoms with van der Waals surface area (Å²) in [5.41, 5.74) is 4.27. The number of halogens is 2. The molecular weight excluding hydrogens is 616 g/mol. The normalized spacial score (nSPS) is 22.2. The number of rotatable bonds is 13. The van der Waals surface area contributed by atoms with Crippen LogP contribution in [0.5, 0.6) is 0 Å². The van der Waals surface area contributed by atoms with Crippen LogP contribution in [0.1, 0.15) is 29.2 Å². The van der Waals surface area contributed by atoms with Crippen LogP contribution in [0.4, 0.5) is 0 Å². The summed E-state index contributed by atoms with van der Waals surface area (Å²) < 4.78 is 33.6. The van der Waals surface area contributed by atoms with E-state index >= 15 is 0 Å². The van der Waals surface area contributed by atoms with Gasteiger partial charge in [-0.2, -0.15) is 0 Å². The number of hydrogen-bond acceptors (Lipinski definition) is 5. The van der Waals surface area contributed by atoms with Gasteiger partial charge in [0.2, 0.25) is 0 Å². The van der Waals surface area contributed by atoms with E-state index in [1.165, 1.54) is 0 Å². The first-order chi connectivity index (χ1) is 20.5. The lowest BCUT2D eigenvalue weighted by molar-refractivity contribution is -0.269. The highest BCUT2D eigenvalue weighted by molar-refractivity contribution is 9.10. The van der Waals surface area contributed by atoms with Gasteiger partial charge in [0.25, 0.3) is 0 Å². The van der Waals surface area contributed by atoms with E-state index in [9.17, 15) is 0 Å². The molecule has 7 heteroatoms. The molecule has 0 aromatic heterocycles. The highest BCUT2D eigenvalue weighted by atomic mass is 79.9. The van der Waals surface area contributed by atoms with Crippen LogP contribution < -0.4 is 0 Å². The lowest BCUT2D eigenvalue weighted by Crippen LogP contribution is -2.60. The molecule has 220 valence electrons. The maximum Gasteiger partial charge on any atom is 0.115 e. The minimum absolute atomic E-state index is 0.254. The predicted molar refractivity (Wildman–Crippen MR) is 168 cm³/mol. The lowest BCUT2D eigenvalue weighted by Gasteiger charge is -2.45. The molecular formula is C35H36BrClO5. The van der Waals surface area contributed by atoms with Crippen LogP contribution in [0.15, 0.2) is 114 Å². The van der Waals surface area contributed by atoms with Gasteiger partial charge >= 0.3 is 0 Å². The number of ether oxygens (including phenoxy) is 5. The van der Waals surface area contributed by atoms with Crippen molar-refractivity contribution in [1.82, 2.24) is 0 Å². The Balaban J connectivity index is 1.36. The summed E-state index contributed by atoms with van der Waals surface area (Å²) in [4.78, 5) is 0. The average Bonchev–Trinajstić information content (AvgIpc) is 3.02. The van der Waals surface area contributed by atoms with E-state index in [-0.39, 0.29) is 18.3 Å². The second kappa shape index (κ2) is 15.8. The van der Waals surface area contributed by atoms with E-state index in [0.29, 0.717) is 38.1 Å². The van der Waals surface area contributed by atoms with Crippen LogP contribution in [-0.4, -0.2) is 37.1 Å². The van der Waals surface area contributed by atoms with Gasteiger partial charge in [-0.3, -0.25) is 0 Å². The van der Waals surface area contributed by atoms with Crippen LogP contribution in [-0.2, 0) is 50.1 Å². The van der Waals surface area contributed by atoms with Gasteiger partial charge in [-0.25, -0.2) is 0 Å². The van der Waals surface area contributed by atoms with Crippen molar-refractivity contribution in [3.63, 3.8) is 0 Å². The lowest BCUT2D eigenvalue weighted by atomic mass is 9.94. The molecule has 0 aliphatic carbocycles. The molecule has 42 heavy (non-hydrogen) atoms. The Labute approximate surface area is 261 Å². The van der Waals surface area contributed by atoms with E-state index in [2.05, 4.69) is 40.2 Å². The Morgan fingerprint density at radius 3 is 1.67 bits per heavy atom. The van der Waals surface area contributed by atoms with Crippen molar-refractivity contribution in [2.45, 2.75) is 63.9 Å². The molecule has 0 radical (unpaired) electrons. The molecule has 1 heterocycles. The molecule has 0 amide bonds. The van der Waals surface area contributed by atoms with Gasteiger partial charge in [0.05, 0.1) is 39.1 Å². The van der Waals surface area contributed by atoms with E-state index in [1.54, 1.807) is 0 Å². The molecule has 0 bridgehead atoms. The Morgan fingerprint density at radius 1 is 0.595 bits per heavy atom.